The van der Waals surface area contributed by atoms with Crippen molar-refractivity contribution in [2.45, 2.75) is 52.5 Å². The fraction of sp³-hybridized carbons (Fsp3) is 0.308. The number of aryl methyl sites for hydroxylation is 2. The molecule has 0 saturated heterocycles. The summed E-state index contributed by atoms with van der Waals surface area (Å²) in [5.74, 6) is 1.46. The number of hydrogen-bond acceptors (Lipinski definition) is 6. The Morgan fingerprint density at radius 3 is 2.40 bits per heavy atom. The predicted octanol–water partition coefficient (Wildman–Crippen LogP) is 4.31. The van der Waals surface area contributed by atoms with E-state index in [0.29, 0.717) is 23.4 Å². The van der Waals surface area contributed by atoms with Crippen molar-refractivity contribution in [3.8, 4) is 22.5 Å². The average molecular weight is 469 g/mol. The fourth-order valence-corrected chi connectivity index (χ4v) is 4.54. The summed E-state index contributed by atoms with van der Waals surface area (Å²) in [6.45, 7) is 4.78. The Labute approximate surface area is 202 Å². The van der Waals surface area contributed by atoms with Gasteiger partial charge in [0.25, 0.3) is 5.56 Å². The molecule has 0 unspecified atom stereocenters. The molecule has 5 aromatic rings. The number of tetrazole rings is 1. The summed E-state index contributed by atoms with van der Waals surface area (Å²) in [4.78, 5) is 17.9. The van der Waals surface area contributed by atoms with E-state index in [1.807, 2.05) is 30.3 Å². The predicted molar refractivity (Wildman–Crippen MR) is 135 cm³/mol. The number of aromatic nitrogens is 8. The first-order chi connectivity index (χ1) is 17.2. The smallest absolute Gasteiger partial charge is 0.290 e. The molecule has 2 N–H and O–H groups in total. The molecule has 9 nitrogen and oxygen atoms in total. The number of aromatic amines is 2. The molecule has 0 fully saturated rings. The molecule has 178 valence electrons. The van der Waals surface area contributed by atoms with Crippen molar-refractivity contribution in [3.05, 3.63) is 76.0 Å². The zero-order valence-corrected chi connectivity index (χ0v) is 20.0. The summed E-state index contributed by atoms with van der Waals surface area (Å²) in [5, 5.41) is 21.7. The minimum atomic E-state index is -0.209. The number of H-pyrrole nitrogens is 2. The number of nitrogens with zero attached hydrogens (tertiary/aromatic N) is 6. The van der Waals surface area contributed by atoms with Crippen LogP contribution in [0.2, 0.25) is 0 Å². The lowest BCUT2D eigenvalue weighted by atomic mass is 9.95. The van der Waals surface area contributed by atoms with Crippen molar-refractivity contribution >= 4 is 11.0 Å². The first-order valence-electron chi connectivity index (χ1n) is 12.1. The van der Waals surface area contributed by atoms with Crippen molar-refractivity contribution in [2.24, 2.45) is 0 Å². The second kappa shape index (κ2) is 10.0. The van der Waals surface area contributed by atoms with E-state index in [9.17, 15) is 4.79 Å². The van der Waals surface area contributed by atoms with E-state index in [1.54, 1.807) is 0 Å². The molecule has 5 rings (SSSR count). The van der Waals surface area contributed by atoms with Crippen LogP contribution in [0.15, 0.2) is 53.3 Å². The van der Waals surface area contributed by atoms with Gasteiger partial charge < -0.3 is 4.57 Å². The minimum absolute atomic E-state index is 0.209. The summed E-state index contributed by atoms with van der Waals surface area (Å²) >= 11 is 0. The lowest BCUT2D eigenvalue weighted by Gasteiger charge is -2.15. The topological polar surface area (TPSA) is 118 Å². The Hall–Kier alpha value is -4.14. The fourth-order valence-electron chi connectivity index (χ4n) is 4.54. The summed E-state index contributed by atoms with van der Waals surface area (Å²) < 4.78 is 2.07. The highest BCUT2D eigenvalue weighted by Gasteiger charge is 2.20. The Balaban J connectivity index is 1.66. The number of hydrogen-bond donors (Lipinski definition) is 2. The maximum atomic E-state index is 13.0. The Morgan fingerprint density at radius 1 is 0.886 bits per heavy atom. The molecule has 0 amide bonds. The molecule has 0 bridgehead atoms. The SMILES string of the molecule is CCCCc1nc2c(CCC)n[nH]c(=O)c2n1Cc1ccccc1-c1ccccc1-c1nn[nH]n1. The Morgan fingerprint density at radius 2 is 1.66 bits per heavy atom. The van der Waals surface area contributed by atoms with Gasteiger partial charge >= 0.3 is 0 Å². The normalized spacial score (nSPS) is 11.4. The molecule has 3 aromatic heterocycles. The van der Waals surface area contributed by atoms with Gasteiger partial charge in [-0.1, -0.05) is 75.2 Å². The van der Waals surface area contributed by atoms with Crippen molar-refractivity contribution < 1.29 is 0 Å². The van der Waals surface area contributed by atoms with Gasteiger partial charge in [-0.05, 0) is 34.7 Å². The van der Waals surface area contributed by atoms with Gasteiger partial charge in [-0.15, -0.1) is 10.2 Å². The minimum Gasteiger partial charge on any atom is -0.319 e. The van der Waals surface area contributed by atoms with Crippen LogP contribution in [-0.4, -0.2) is 40.4 Å². The molecular formula is C26H28N8O. The quantitative estimate of drug-likeness (QED) is 0.333. The zero-order chi connectivity index (χ0) is 24.2. The van der Waals surface area contributed by atoms with Crippen LogP contribution in [0.4, 0.5) is 0 Å². The molecule has 3 heterocycles. The van der Waals surface area contributed by atoms with Crippen LogP contribution < -0.4 is 5.56 Å². The molecule has 0 atom stereocenters. The van der Waals surface area contributed by atoms with Gasteiger partial charge in [-0.2, -0.15) is 10.3 Å². The van der Waals surface area contributed by atoms with Gasteiger partial charge in [0.05, 0.1) is 12.2 Å². The molecule has 0 aliphatic rings. The summed E-state index contributed by atoms with van der Waals surface area (Å²) in [6.07, 6.45) is 4.55. The highest BCUT2D eigenvalue weighted by Crippen LogP contribution is 2.33. The second-order valence-electron chi connectivity index (χ2n) is 8.60. The van der Waals surface area contributed by atoms with E-state index >= 15 is 0 Å². The number of nitrogens with one attached hydrogen (secondary N) is 2. The van der Waals surface area contributed by atoms with Crippen LogP contribution in [0.1, 0.15) is 50.2 Å². The molecule has 0 aliphatic carbocycles. The third kappa shape index (κ3) is 4.37. The van der Waals surface area contributed by atoms with Gasteiger partial charge in [0.1, 0.15) is 16.9 Å². The van der Waals surface area contributed by atoms with E-state index in [2.05, 4.69) is 67.4 Å². The van der Waals surface area contributed by atoms with Gasteiger partial charge in [0.15, 0.2) is 0 Å². The van der Waals surface area contributed by atoms with E-state index in [-0.39, 0.29) is 5.56 Å². The van der Waals surface area contributed by atoms with Crippen molar-refractivity contribution in [2.75, 3.05) is 0 Å². The largest absolute Gasteiger partial charge is 0.319 e. The molecule has 0 radical (unpaired) electrons. The van der Waals surface area contributed by atoms with Crippen LogP contribution >= 0.6 is 0 Å². The maximum Gasteiger partial charge on any atom is 0.290 e. The van der Waals surface area contributed by atoms with E-state index < -0.39 is 0 Å². The molecule has 0 saturated carbocycles. The molecule has 35 heavy (non-hydrogen) atoms. The number of imidazole rings is 1. The number of benzene rings is 2. The molecule has 0 aliphatic heterocycles. The average Bonchev–Trinajstić information content (AvgIpc) is 3.54. The highest BCUT2D eigenvalue weighted by molar-refractivity contribution is 5.82. The number of rotatable bonds is 9. The first-order valence-corrected chi connectivity index (χ1v) is 12.1. The summed E-state index contributed by atoms with van der Waals surface area (Å²) in [5.41, 5.74) is 5.97. The van der Waals surface area contributed by atoms with Gasteiger partial charge in [0, 0.05) is 12.0 Å². The molecule has 0 spiro atoms. The monoisotopic (exact) mass is 468 g/mol. The second-order valence-corrected chi connectivity index (χ2v) is 8.60. The third-order valence-corrected chi connectivity index (χ3v) is 6.22. The molecular weight excluding hydrogens is 440 g/mol. The maximum absolute atomic E-state index is 13.0. The Kier molecular flexibility index (Phi) is 6.47. The lowest BCUT2D eigenvalue weighted by molar-refractivity contribution is 0.689. The number of fused-ring (bicyclic) bond motifs is 1. The van der Waals surface area contributed by atoms with Crippen molar-refractivity contribution in [3.63, 3.8) is 0 Å². The van der Waals surface area contributed by atoms with Crippen LogP contribution in [0.25, 0.3) is 33.5 Å². The van der Waals surface area contributed by atoms with Crippen molar-refractivity contribution in [1.82, 2.24) is 40.4 Å². The van der Waals surface area contributed by atoms with Crippen LogP contribution in [0, 0.1) is 0 Å². The van der Waals surface area contributed by atoms with Crippen LogP contribution in [-0.2, 0) is 19.4 Å². The van der Waals surface area contributed by atoms with Gasteiger partial charge in [0.2, 0.25) is 5.82 Å². The van der Waals surface area contributed by atoms with E-state index in [1.165, 1.54) is 0 Å². The van der Waals surface area contributed by atoms with Crippen LogP contribution in [0.5, 0.6) is 0 Å². The molecule has 9 heteroatoms. The van der Waals surface area contributed by atoms with Gasteiger partial charge in [-0.25, -0.2) is 10.1 Å². The van der Waals surface area contributed by atoms with Crippen LogP contribution in [0.3, 0.4) is 0 Å². The summed E-state index contributed by atoms with van der Waals surface area (Å²) in [7, 11) is 0. The van der Waals surface area contributed by atoms with Gasteiger partial charge in [-0.3, -0.25) is 4.79 Å². The van der Waals surface area contributed by atoms with E-state index in [0.717, 1.165) is 65.9 Å². The first kappa shape index (κ1) is 22.6. The third-order valence-electron chi connectivity index (χ3n) is 6.22. The Bertz CT molecular complexity index is 1500. The highest BCUT2D eigenvalue weighted by atomic mass is 16.1. The van der Waals surface area contributed by atoms with E-state index in [4.69, 9.17) is 4.98 Å². The lowest BCUT2D eigenvalue weighted by Crippen LogP contribution is -2.16. The molecule has 2 aromatic carbocycles. The van der Waals surface area contributed by atoms with Crippen molar-refractivity contribution in [1.29, 1.82) is 0 Å². The summed E-state index contributed by atoms with van der Waals surface area (Å²) in [6, 6.07) is 16.2. The standard InChI is InChI=1S/C26H28N8O/c1-3-5-15-22-27-23-21(10-4-2)28-31-26(35)24(23)34(22)16-17-11-6-7-12-18(17)19-13-8-9-14-20(19)25-29-32-33-30-25/h6-9,11-14H,3-5,10,15-16H2,1-2H3,(H,31,35)(H,29,30,32,33). The zero-order valence-electron chi connectivity index (χ0n) is 20.0. The number of unbranched alkanes of at least 4 members (excludes halogenated alkanes) is 1.